The molecule has 0 spiro atoms. The number of rotatable bonds is 2. The van der Waals surface area contributed by atoms with Crippen LogP contribution < -0.4 is 0 Å². The lowest BCUT2D eigenvalue weighted by Gasteiger charge is -2.04. The molecule has 0 aromatic heterocycles. The molecule has 6 heteroatoms. The number of ketones is 1. The lowest BCUT2D eigenvalue weighted by atomic mass is 10.0. The first kappa shape index (κ1) is 14.6. The number of nitro benzene ring substituents is 1. The topological polar surface area (TPSA) is 72.6 Å². The maximum Gasteiger partial charge on any atom is 0.270 e. The van der Waals surface area contributed by atoms with Gasteiger partial charge in [-0.05, 0) is 17.7 Å². The number of benzene rings is 2. The monoisotopic (exact) mass is 358 g/mol. The van der Waals surface area contributed by atoms with E-state index in [0.29, 0.717) is 17.7 Å². The predicted molar refractivity (Wildman–Crippen MR) is 86.8 cm³/mol. The first-order valence-corrected chi connectivity index (χ1v) is 7.45. The van der Waals surface area contributed by atoms with Crippen molar-refractivity contribution in [3.63, 3.8) is 0 Å². The van der Waals surface area contributed by atoms with Crippen LogP contribution in [0.5, 0.6) is 0 Å². The Hall–Kier alpha value is -2.34. The van der Waals surface area contributed by atoms with E-state index < -0.39 is 4.92 Å². The predicted octanol–water partition coefficient (Wildman–Crippen LogP) is 3.99. The van der Waals surface area contributed by atoms with Crippen LogP contribution in [0.2, 0.25) is 0 Å². The van der Waals surface area contributed by atoms with E-state index >= 15 is 0 Å². The van der Waals surface area contributed by atoms with Crippen molar-refractivity contribution in [3.8, 4) is 0 Å². The van der Waals surface area contributed by atoms with E-state index in [1.165, 1.54) is 12.1 Å². The van der Waals surface area contributed by atoms with Crippen molar-refractivity contribution in [2.24, 2.45) is 4.99 Å². The van der Waals surface area contributed by atoms with Gasteiger partial charge < -0.3 is 0 Å². The van der Waals surface area contributed by atoms with Gasteiger partial charge in [-0.3, -0.25) is 19.9 Å². The molecule has 1 heterocycles. The molecule has 0 saturated carbocycles. The molecule has 2 aromatic carbocycles. The summed E-state index contributed by atoms with van der Waals surface area (Å²) in [4.78, 5) is 27.1. The second-order valence-electron chi connectivity index (χ2n) is 5.03. The average Bonchev–Trinajstić information content (AvgIpc) is 2.65. The van der Waals surface area contributed by atoms with Crippen molar-refractivity contribution in [2.45, 2.75) is 12.8 Å². The fourth-order valence-electron chi connectivity index (χ4n) is 2.40. The van der Waals surface area contributed by atoms with Crippen LogP contribution >= 0.6 is 15.9 Å². The zero-order valence-electron chi connectivity index (χ0n) is 11.5. The van der Waals surface area contributed by atoms with Crippen molar-refractivity contribution in [2.75, 3.05) is 0 Å². The molecule has 0 saturated heterocycles. The molecule has 3 rings (SSSR count). The molecule has 0 bridgehead atoms. The van der Waals surface area contributed by atoms with Crippen LogP contribution in [0.25, 0.3) is 0 Å². The summed E-state index contributed by atoms with van der Waals surface area (Å²) in [5, 5.41) is 10.9. The highest BCUT2D eigenvalue weighted by Crippen LogP contribution is 2.29. The zero-order valence-corrected chi connectivity index (χ0v) is 13.0. The van der Waals surface area contributed by atoms with Crippen LogP contribution in [0.1, 0.15) is 17.5 Å². The third kappa shape index (κ3) is 2.96. The lowest BCUT2D eigenvalue weighted by molar-refractivity contribution is -0.384. The largest absolute Gasteiger partial charge is 0.299 e. The van der Waals surface area contributed by atoms with E-state index in [9.17, 15) is 14.9 Å². The number of carbonyl (C=O) groups excluding carboxylic acids is 1. The molecular weight excluding hydrogens is 348 g/mol. The van der Waals surface area contributed by atoms with Gasteiger partial charge in [0.25, 0.3) is 5.69 Å². The minimum Gasteiger partial charge on any atom is -0.299 e. The molecule has 0 fully saturated rings. The maximum atomic E-state index is 12.1. The molecule has 0 aliphatic carbocycles. The Kier molecular flexibility index (Phi) is 3.85. The zero-order chi connectivity index (χ0) is 15.7. The number of nitro groups is 1. The molecule has 1 aliphatic heterocycles. The molecule has 0 unspecified atom stereocenters. The summed E-state index contributed by atoms with van der Waals surface area (Å²) in [7, 11) is 0. The Morgan fingerprint density at radius 2 is 1.95 bits per heavy atom. The molecule has 5 nitrogen and oxygen atoms in total. The first-order valence-electron chi connectivity index (χ1n) is 6.65. The van der Waals surface area contributed by atoms with Crippen LogP contribution in [-0.4, -0.2) is 16.4 Å². The summed E-state index contributed by atoms with van der Waals surface area (Å²) in [6, 6.07) is 11.8. The number of fused-ring (bicyclic) bond motifs is 1. The minimum atomic E-state index is -0.451. The Morgan fingerprint density at radius 1 is 1.14 bits per heavy atom. The van der Waals surface area contributed by atoms with Gasteiger partial charge in [0, 0.05) is 35.0 Å². The third-order valence-corrected chi connectivity index (χ3v) is 3.94. The summed E-state index contributed by atoms with van der Waals surface area (Å²) in [6.45, 7) is 0. The first-order chi connectivity index (χ1) is 10.5. The van der Waals surface area contributed by atoms with Crippen molar-refractivity contribution < 1.29 is 9.72 Å². The maximum absolute atomic E-state index is 12.1. The smallest absolute Gasteiger partial charge is 0.270 e. The fraction of sp³-hybridized carbons (Fsp3) is 0.125. The lowest BCUT2D eigenvalue weighted by Crippen LogP contribution is -2.09. The van der Waals surface area contributed by atoms with Crippen molar-refractivity contribution in [1.29, 1.82) is 0 Å². The standard InChI is InChI=1S/C16H11BrN2O3/c17-12-5-4-11-7-14(20)9-16(18-15(11)8-12)10-2-1-3-13(6-10)19(21)22/h1-6,8H,7,9H2. The van der Waals surface area contributed by atoms with E-state index in [0.717, 1.165) is 15.7 Å². The molecule has 22 heavy (non-hydrogen) atoms. The fourth-order valence-corrected chi connectivity index (χ4v) is 2.75. The van der Waals surface area contributed by atoms with Crippen molar-refractivity contribution in [3.05, 3.63) is 68.2 Å². The van der Waals surface area contributed by atoms with E-state index in [1.807, 2.05) is 18.2 Å². The highest BCUT2D eigenvalue weighted by molar-refractivity contribution is 9.10. The molecule has 2 aromatic rings. The van der Waals surface area contributed by atoms with E-state index in [1.54, 1.807) is 12.1 Å². The van der Waals surface area contributed by atoms with E-state index in [4.69, 9.17) is 0 Å². The van der Waals surface area contributed by atoms with Gasteiger partial charge in [-0.15, -0.1) is 0 Å². The molecular formula is C16H11BrN2O3. The van der Waals surface area contributed by atoms with Crippen LogP contribution in [0, 0.1) is 10.1 Å². The van der Waals surface area contributed by atoms with Crippen LogP contribution in [-0.2, 0) is 11.2 Å². The molecule has 0 N–H and O–H groups in total. The SMILES string of the molecule is O=C1CC(c2cccc([N+](=O)[O-])c2)=Nc2cc(Br)ccc2C1. The number of hydrogen-bond donors (Lipinski definition) is 0. The van der Waals surface area contributed by atoms with Crippen LogP contribution in [0.3, 0.4) is 0 Å². The second kappa shape index (κ2) is 5.81. The number of hydrogen-bond acceptors (Lipinski definition) is 4. The van der Waals surface area contributed by atoms with Crippen LogP contribution in [0.15, 0.2) is 51.9 Å². The molecule has 0 atom stereocenters. The van der Waals surface area contributed by atoms with E-state index in [-0.39, 0.29) is 17.9 Å². The van der Waals surface area contributed by atoms with Crippen LogP contribution in [0.4, 0.5) is 11.4 Å². The van der Waals surface area contributed by atoms with Gasteiger partial charge in [0.05, 0.1) is 16.3 Å². The summed E-state index contributed by atoms with van der Waals surface area (Å²) in [6.07, 6.45) is 0.498. The van der Waals surface area contributed by atoms with Gasteiger partial charge >= 0.3 is 0 Å². The molecule has 0 radical (unpaired) electrons. The Bertz CT molecular complexity index is 815. The summed E-state index contributed by atoms with van der Waals surface area (Å²) < 4.78 is 0.878. The van der Waals surface area contributed by atoms with E-state index in [2.05, 4.69) is 20.9 Å². The summed E-state index contributed by atoms with van der Waals surface area (Å²) in [5.74, 6) is 0.0475. The number of non-ortho nitro benzene ring substituents is 1. The van der Waals surface area contributed by atoms with Gasteiger partial charge in [-0.25, -0.2) is 0 Å². The van der Waals surface area contributed by atoms with Gasteiger partial charge in [0.1, 0.15) is 5.78 Å². The summed E-state index contributed by atoms with van der Waals surface area (Å²) in [5.41, 5.74) is 2.75. The van der Waals surface area contributed by atoms with Gasteiger partial charge in [0.15, 0.2) is 0 Å². The molecule has 110 valence electrons. The number of Topliss-reactive ketones (excluding diaryl/α,β-unsaturated/α-hetero) is 1. The van der Waals surface area contributed by atoms with Crippen molar-refractivity contribution >= 4 is 38.8 Å². The van der Waals surface area contributed by atoms with Gasteiger partial charge in [-0.1, -0.05) is 34.1 Å². The Labute approximate surface area is 135 Å². The van der Waals surface area contributed by atoms with Gasteiger partial charge in [0.2, 0.25) is 0 Å². The van der Waals surface area contributed by atoms with Crippen molar-refractivity contribution in [1.82, 2.24) is 0 Å². The molecule has 0 amide bonds. The Balaban J connectivity index is 2.11. The highest BCUT2D eigenvalue weighted by Gasteiger charge is 2.19. The Morgan fingerprint density at radius 3 is 2.73 bits per heavy atom. The quantitative estimate of drug-likeness (QED) is 0.601. The second-order valence-corrected chi connectivity index (χ2v) is 5.95. The highest BCUT2D eigenvalue weighted by atomic mass is 79.9. The van der Waals surface area contributed by atoms with Gasteiger partial charge in [-0.2, -0.15) is 0 Å². The number of carbonyl (C=O) groups is 1. The molecule has 1 aliphatic rings. The summed E-state index contributed by atoms with van der Waals surface area (Å²) >= 11 is 3.39. The average molecular weight is 359 g/mol. The number of halogens is 1. The normalized spacial score (nSPS) is 14.0. The number of aliphatic imine (C=N–C) groups is 1. The number of nitrogens with zero attached hydrogens (tertiary/aromatic N) is 2. The minimum absolute atomic E-state index is 0.00800. The third-order valence-electron chi connectivity index (χ3n) is 3.45.